The summed E-state index contributed by atoms with van der Waals surface area (Å²) in [4.78, 5) is 7.93. The van der Waals surface area contributed by atoms with Crippen LogP contribution in [0.2, 0.25) is 5.02 Å². The molecule has 0 amide bonds. The van der Waals surface area contributed by atoms with Gasteiger partial charge in [-0.05, 0) is 25.0 Å². The highest BCUT2D eigenvalue weighted by Crippen LogP contribution is 2.44. The van der Waals surface area contributed by atoms with Crippen molar-refractivity contribution in [2.24, 2.45) is 0 Å². The highest BCUT2D eigenvalue weighted by molar-refractivity contribution is 6.30. The number of benzene rings is 1. The van der Waals surface area contributed by atoms with Gasteiger partial charge in [0.1, 0.15) is 11.5 Å². The van der Waals surface area contributed by atoms with Crippen molar-refractivity contribution in [3.8, 4) is 17.5 Å². The number of ether oxygens (including phenoxy) is 2. The van der Waals surface area contributed by atoms with Gasteiger partial charge in [0.15, 0.2) is 0 Å². The molecule has 4 nitrogen and oxygen atoms in total. The lowest BCUT2D eigenvalue weighted by atomic mass is 9.94. The van der Waals surface area contributed by atoms with Crippen LogP contribution in [0.1, 0.15) is 30.7 Å². The molecule has 1 unspecified atom stereocenters. The minimum Gasteiger partial charge on any atom is -0.493 e. The molecule has 1 aliphatic heterocycles. The Morgan fingerprint density at radius 2 is 2.00 bits per heavy atom. The lowest BCUT2D eigenvalue weighted by Gasteiger charge is -2.13. The SMILES string of the molecule is FC(F)(F)CCCC1COc2cccc(Oc3ncc(Cl)cn3)c21. The molecule has 8 heteroatoms. The largest absolute Gasteiger partial charge is 0.493 e. The fourth-order valence-electron chi connectivity index (χ4n) is 2.64. The van der Waals surface area contributed by atoms with Crippen LogP contribution in [0.25, 0.3) is 0 Å². The number of nitrogens with zero attached hydrogens (tertiary/aromatic N) is 2. The maximum atomic E-state index is 12.3. The number of hydrogen-bond acceptors (Lipinski definition) is 4. The summed E-state index contributed by atoms with van der Waals surface area (Å²) in [5.74, 6) is 0.966. The molecule has 0 saturated heterocycles. The molecule has 0 fully saturated rings. The van der Waals surface area contributed by atoms with Gasteiger partial charge in [-0.1, -0.05) is 17.7 Å². The van der Waals surface area contributed by atoms with Crippen LogP contribution >= 0.6 is 11.6 Å². The molecule has 0 N–H and O–H groups in total. The number of halogens is 4. The first kappa shape index (κ1) is 16.8. The van der Waals surface area contributed by atoms with Crippen molar-refractivity contribution in [1.29, 1.82) is 0 Å². The number of rotatable bonds is 5. The van der Waals surface area contributed by atoms with E-state index in [0.29, 0.717) is 29.5 Å². The van der Waals surface area contributed by atoms with E-state index < -0.39 is 12.6 Å². The monoisotopic (exact) mass is 358 g/mol. The summed E-state index contributed by atoms with van der Waals surface area (Å²) in [6.45, 7) is 0.342. The molecule has 0 spiro atoms. The molecular formula is C16H14ClF3N2O2. The van der Waals surface area contributed by atoms with Crippen LogP contribution in [-0.4, -0.2) is 22.8 Å². The number of aromatic nitrogens is 2. The lowest BCUT2D eigenvalue weighted by Crippen LogP contribution is -2.09. The Morgan fingerprint density at radius 1 is 1.25 bits per heavy atom. The Morgan fingerprint density at radius 3 is 2.71 bits per heavy atom. The third-order valence-electron chi connectivity index (χ3n) is 3.69. The zero-order chi connectivity index (χ0) is 17.2. The van der Waals surface area contributed by atoms with Gasteiger partial charge < -0.3 is 9.47 Å². The van der Waals surface area contributed by atoms with E-state index in [1.54, 1.807) is 18.2 Å². The molecule has 1 aromatic carbocycles. The second kappa shape index (κ2) is 6.84. The molecule has 1 aromatic heterocycles. The fraction of sp³-hybridized carbons (Fsp3) is 0.375. The van der Waals surface area contributed by atoms with Crippen LogP contribution in [0.5, 0.6) is 17.5 Å². The third-order valence-corrected chi connectivity index (χ3v) is 3.88. The van der Waals surface area contributed by atoms with E-state index in [0.717, 1.165) is 5.56 Å². The van der Waals surface area contributed by atoms with Crippen LogP contribution in [0, 0.1) is 0 Å². The first-order valence-electron chi connectivity index (χ1n) is 7.40. The summed E-state index contributed by atoms with van der Waals surface area (Å²) in [5, 5.41) is 0.383. The van der Waals surface area contributed by atoms with E-state index in [1.165, 1.54) is 12.4 Å². The molecule has 2 heterocycles. The molecule has 3 rings (SSSR count). The predicted molar refractivity (Wildman–Crippen MR) is 81.7 cm³/mol. The van der Waals surface area contributed by atoms with Crippen molar-refractivity contribution in [2.75, 3.05) is 6.61 Å². The summed E-state index contributed by atoms with van der Waals surface area (Å²) in [7, 11) is 0. The highest BCUT2D eigenvalue weighted by atomic mass is 35.5. The standard InChI is InChI=1S/C16H14ClF3N2O2/c17-11-7-21-15(22-8-11)24-13-5-1-4-12-14(13)10(9-23-12)3-2-6-16(18,19)20/h1,4-5,7-8,10H,2-3,6,9H2. The topological polar surface area (TPSA) is 44.2 Å². The van der Waals surface area contributed by atoms with E-state index >= 15 is 0 Å². The van der Waals surface area contributed by atoms with Gasteiger partial charge >= 0.3 is 12.2 Å². The van der Waals surface area contributed by atoms with Gasteiger partial charge in [-0.15, -0.1) is 0 Å². The molecule has 2 aromatic rings. The van der Waals surface area contributed by atoms with Crippen LogP contribution in [-0.2, 0) is 0 Å². The molecule has 0 radical (unpaired) electrons. The molecule has 128 valence electrons. The second-order valence-corrected chi connectivity index (χ2v) is 5.91. The normalized spacial score (nSPS) is 16.6. The zero-order valence-corrected chi connectivity index (χ0v) is 13.3. The van der Waals surface area contributed by atoms with Crippen LogP contribution in [0.15, 0.2) is 30.6 Å². The summed E-state index contributed by atoms with van der Waals surface area (Å²) in [6, 6.07) is 5.37. The first-order chi connectivity index (χ1) is 11.4. The van der Waals surface area contributed by atoms with Crippen molar-refractivity contribution in [1.82, 2.24) is 9.97 Å². The minimum atomic E-state index is -4.14. The minimum absolute atomic E-state index is 0.0444. The third kappa shape index (κ3) is 4.08. The van der Waals surface area contributed by atoms with Crippen LogP contribution < -0.4 is 9.47 Å². The van der Waals surface area contributed by atoms with Gasteiger partial charge in [0.05, 0.1) is 24.0 Å². The molecule has 1 aliphatic rings. The smallest absolute Gasteiger partial charge is 0.389 e. The van der Waals surface area contributed by atoms with Gasteiger partial charge in [0.25, 0.3) is 0 Å². The molecule has 24 heavy (non-hydrogen) atoms. The number of fused-ring (bicyclic) bond motifs is 1. The Kier molecular flexibility index (Phi) is 4.80. The van der Waals surface area contributed by atoms with Crippen LogP contribution in [0.3, 0.4) is 0 Å². The van der Waals surface area contributed by atoms with Crippen molar-refractivity contribution >= 4 is 11.6 Å². The zero-order valence-electron chi connectivity index (χ0n) is 12.5. The van der Waals surface area contributed by atoms with Crippen molar-refractivity contribution in [3.05, 3.63) is 41.2 Å². The molecule has 0 bridgehead atoms. The highest BCUT2D eigenvalue weighted by Gasteiger charge is 2.31. The predicted octanol–water partition coefficient (Wildman–Crippen LogP) is 5.13. The molecule has 0 aliphatic carbocycles. The first-order valence-corrected chi connectivity index (χ1v) is 7.78. The van der Waals surface area contributed by atoms with E-state index in [4.69, 9.17) is 21.1 Å². The maximum absolute atomic E-state index is 12.3. The average Bonchev–Trinajstić information content (AvgIpc) is 2.93. The van der Waals surface area contributed by atoms with Crippen molar-refractivity contribution in [2.45, 2.75) is 31.4 Å². The van der Waals surface area contributed by atoms with Gasteiger partial charge in [-0.25, -0.2) is 9.97 Å². The maximum Gasteiger partial charge on any atom is 0.389 e. The Bertz CT molecular complexity index is 707. The summed E-state index contributed by atoms with van der Waals surface area (Å²) >= 11 is 5.73. The summed E-state index contributed by atoms with van der Waals surface area (Å²) < 4.78 is 48.3. The van der Waals surface area contributed by atoms with Crippen molar-refractivity contribution < 1.29 is 22.6 Å². The van der Waals surface area contributed by atoms with E-state index in [-0.39, 0.29) is 18.3 Å². The van der Waals surface area contributed by atoms with Crippen LogP contribution in [0.4, 0.5) is 13.2 Å². The van der Waals surface area contributed by atoms with Gasteiger partial charge in [0, 0.05) is 17.9 Å². The van der Waals surface area contributed by atoms with Gasteiger partial charge in [0.2, 0.25) is 0 Å². The molecular weight excluding hydrogens is 345 g/mol. The quantitative estimate of drug-likeness (QED) is 0.743. The van der Waals surface area contributed by atoms with Crippen molar-refractivity contribution in [3.63, 3.8) is 0 Å². The Balaban J connectivity index is 1.75. The molecule has 1 atom stereocenters. The average molecular weight is 359 g/mol. The summed E-state index contributed by atoms with van der Waals surface area (Å²) in [5.41, 5.74) is 0.762. The van der Waals surface area contributed by atoms with E-state index in [2.05, 4.69) is 9.97 Å². The summed E-state index contributed by atoms with van der Waals surface area (Å²) in [6.07, 6.45) is -1.72. The van der Waals surface area contributed by atoms with Gasteiger partial charge in [-0.3, -0.25) is 0 Å². The Labute approximate surface area is 141 Å². The lowest BCUT2D eigenvalue weighted by molar-refractivity contribution is -0.135. The number of hydrogen-bond donors (Lipinski definition) is 0. The fourth-order valence-corrected chi connectivity index (χ4v) is 2.74. The van der Waals surface area contributed by atoms with Gasteiger partial charge in [-0.2, -0.15) is 13.2 Å². The Hall–Kier alpha value is -2.02. The molecule has 0 saturated carbocycles. The number of alkyl halides is 3. The van der Waals surface area contributed by atoms with E-state index in [1.807, 2.05) is 0 Å². The second-order valence-electron chi connectivity index (χ2n) is 5.47. The van der Waals surface area contributed by atoms with E-state index in [9.17, 15) is 13.2 Å².